The van der Waals surface area contributed by atoms with E-state index in [1.165, 1.54) is 11.1 Å². The van der Waals surface area contributed by atoms with Crippen molar-refractivity contribution in [2.24, 2.45) is 0 Å². The summed E-state index contributed by atoms with van der Waals surface area (Å²) in [6, 6.07) is 14.8. The van der Waals surface area contributed by atoms with Gasteiger partial charge in [0.2, 0.25) is 5.69 Å². The molecule has 0 bridgehead atoms. The molecule has 44 heavy (non-hydrogen) atoms. The Bertz CT molecular complexity index is 1790. The molecule has 2 heterocycles. The number of rotatable bonds is 9. The molecule has 1 aliphatic carbocycles. The summed E-state index contributed by atoms with van der Waals surface area (Å²) in [6.45, 7) is 14.7. The molecule has 0 saturated carbocycles. The normalized spacial score (nSPS) is 19.7. The van der Waals surface area contributed by atoms with E-state index >= 15 is 0 Å². The fourth-order valence-electron chi connectivity index (χ4n) is 6.74. The summed E-state index contributed by atoms with van der Waals surface area (Å²) in [6.07, 6.45) is 7.96. The number of carbonyl (C=O) groups excluding carboxylic acids is 1. The lowest BCUT2D eigenvalue weighted by Crippen LogP contribution is -2.32. The Labute approximate surface area is 278 Å². The number of Topliss-reactive ketones (excluding diaryl/α,β-unsaturated/α-hetero) is 1. The number of benzene rings is 2. The lowest BCUT2D eigenvalue weighted by atomic mass is 9.73. The first-order valence-electron chi connectivity index (χ1n) is 15.4. The molecule has 0 fully saturated rings. The maximum atomic E-state index is 14.1. The number of ketones is 1. The molecule has 2 aliphatic heterocycles. The minimum Gasteiger partial charge on any atom is -0.762 e. The van der Waals surface area contributed by atoms with Gasteiger partial charge >= 0.3 is 0 Å². The smallest absolute Gasteiger partial charge is 0.209 e. The molecule has 0 aromatic heterocycles. The van der Waals surface area contributed by atoms with Gasteiger partial charge in [-0.2, -0.15) is 9.84 Å². The lowest BCUT2D eigenvalue weighted by Gasteiger charge is -2.30. The van der Waals surface area contributed by atoms with Crippen LogP contribution in [0.1, 0.15) is 78.4 Å². The number of nitriles is 1. The van der Waals surface area contributed by atoms with Crippen molar-refractivity contribution in [3.63, 3.8) is 0 Å². The number of allylic oxidation sites excluding steroid dienone is 7. The van der Waals surface area contributed by atoms with Crippen LogP contribution in [-0.2, 0) is 15.6 Å². The number of hydrogen-bond donors (Lipinski definition) is 0. The first kappa shape index (κ1) is 32.1. The standard InChI is InChI=1S/C37H38Br2N4O/c1-7-9-15-42-30-13-11-24(38)17-28(30)36(3,4)32(42)19-26-34(23(21-40)22-41)27(35(26)44)20-33-37(5,6)29-18-25(39)12-14-31(29)43(33)16-10-8-2/h11-14,17-20H,7-10,15-16H2,1-6H3. The van der Waals surface area contributed by atoms with Crippen LogP contribution in [0.3, 0.4) is 0 Å². The monoisotopic (exact) mass is 712 g/mol. The highest BCUT2D eigenvalue weighted by molar-refractivity contribution is 9.10. The number of hydrogen-bond acceptors (Lipinski definition) is 3. The zero-order chi connectivity index (χ0) is 32.0. The van der Waals surface area contributed by atoms with Gasteiger partial charge in [-0.25, -0.2) is 5.87 Å². The number of unbranched alkanes of at least 4 members (excludes halogenated alkanes) is 2. The largest absolute Gasteiger partial charge is 0.762 e. The number of fused-ring (bicyclic) bond motifs is 2. The summed E-state index contributed by atoms with van der Waals surface area (Å²) >= 11 is 7.28. The summed E-state index contributed by atoms with van der Waals surface area (Å²) in [5, 5.41) is 20.1. The van der Waals surface area contributed by atoms with E-state index in [-0.39, 0.29) is 22.2 Å². The highest BCUT2D eigenvalue weighted by atomic mass is 79.9. The quantitative estimate of drug-likeness (QED) is 0.113. The van der Waals surface area contributed by atoms with Crippen LogP contribution in [-0.4, -0.2) is 35.0 Å². The van der Waals surface area contributed by atoms with E-state index in [1.807, 2.05) is 12.2 Å². The van der Waals surface area contributed by atoms with Gasteiger partial charge in [0, 0.05) is 73.1 Å². The van der Waals surface area contributed by atoms with E-state index in [9.17, 15) is 15.5 Å². The van der Waals surface area contributed by atoms with Crippen molar-refractivity contribution in [1.29, 1.82) is 5.26 Å². The van der Waals surface area contributed by atoms with Crippen LogP contribution in [0, 0.1) is 11.3 Å². The maximum Gasteiger partial charge on any atom is 0.209 e. The average Bonchev–Trinajstić information content (AvgIpc) is 3.33. The molecular weight excluding hydrogens is 676 g/mol. The summed E-state index contributed by atoms with van der Waals surface area (Å²) in [7, 11) is 0. The predicted molar refractivity (Wildman–Crippen MR) is 187 cm³/mol. The molecule has 2 aromatic rings. The van der Waals surface area contributed by atoms with Crippen LogP contribution < -0.4 is 4.90 Å². The number of nitrogens with zero attached hydrogens (tertiary/aromatic N) is 4. The lowest BCUT2D eigenvalue weighted by molar-refractivity contribution is -0.438. The topological polar surface area (TPSA) is 69.4 Å². The third-order valence-electron chi connectivity index (χ3n) is 9.24. The van der Waals surface area contributed by atoms with Gasteiger partial charge in [-0.3, -0.25) is 4.79 Å². The molecule has 0 unspecified atom stereocenters. The highest BCUT2D eigenvalue weighted by Gasteiger charge is 2.47. The molecule has 0 atom stereocenters. The SMILES string of the molecule is CCCCN1/C(=C/C2=C(C(=C=[N-])C#N)C(=C/C3=[N+](CCCC)c4ccc(Br)cc4C3(C)C)/C2=O)C(C)(C)c2cc(Br)ccc21. The minimum absolute atomic E-state index is 0.0318. The Hall–Kier alpha value is -3.30. The molecule has 5 nitrogen and oxygen atoms in total. The summed E-state index contributed by atoms with van der Waals surface area (Å²) in [5.41, 5.74) is 7.17. The van der Waals surface area contributed by atoms with Crippen molar-refractivity contribution in [3.8, 4) is 6.07 Å². The van der Waals surface area contributed by atoms with E-state index in [2.05, 4.69) is 131 Å². The van der Waals surface area contributed by atoms with Crippen LogP contribution >= 0.6 is 31.9 Å². The molecule has 5 rings (SSSR count). The van der Waals surface area contributed by atoms with Gasteiger partial charge in [0.25, 0.3) is 0 Å². The Morgan fingerprint density at radius 3 is 2.27 bits per heavy atom. The van der Waals surface area contributed by atoms with Gasteiger partial charge in [0.1, 0.15) is 12.6 Å². The number of anilines is 1. The van der Waals surface area contributed by atoms with Gasteiger partial charge in [0.15, 0.2) is 11.5 Å². The molecule has 0 saturated heterocycles. The third-order valence-corrected chi connectivity index (χ3v) is 10.2. The van der Waals surface area contributed by atoms with Gasteiger partial charge in [-0.05, 0) is 62.2 Å². The van der Waals surface area contributed by atoms with E-state index in [4.69, 9.17) is 0 Å². The Morgan fingerprint density at radius 2 is 1.64 bits per heavy atom. The van der Waals surface area contributed by atoms with Gasteiger partial charge in [0.05, 0.1) is 11.0 Å². The molecule has 3 aliphatic rings. The molecule has 0 N–H and O–H groups in total. The first-order chi connectivity index (χ1) is 20.9. The summed E-state index contributed by atoms with van der Waals surface area (Å²) in [4.78, 5) is 16.4. The minimum atomic E-state index is -0.377. The first-order valence-corrected chi connectivity index (χ1v) is 16.9. The zero-order valence-electron chi connectivity index (χ0n) is 26.3. The summed E-state index contributed by atoms with van der Waals surface area (Å²) < 4.78 is 4.32. The van der Waals surface area contributed by atoms with Crippen LogP contribution in [0.2, 0.25) is 0 Å². The Balaban J connectivity index is 1.71. The van der Waals surface area contributed by atoms with Crippen molar-refractivity contribution in [3.05, 3.63) is 102 Å². The van der Waals surface area contributed by atoms with E-state index in [0.29, 0.717) is 16.7 Å². The summed E-state index contributed by atoms with van der Waals surface area (Å²) in [5.74, 6) is 1.96. The molecule has 0 radical (unpaired) electrons. The van der Waals surface area contributed by atoms with Crippen molar-refractivity contribution in [2.45, 2.75) is 78.1 Å². The van der Waals surface area contributed by atoms with E-state index < -0.39 is 0 Å². The second kappa shape index (κ2) is 12.2. The highest BCUT2D eigenvalue weighted by Crippen LogP contribution is 2.51. The van der Waals surface area contributed by atoms with Gasteiger partial charge in [-0.1, -0.05) is 72.4 Å². The molecule has 0 spiro atoms. The number of carbonyl (C=O) groups is 1. The zero-order valence-corrected chi connectivity index (χ0v) is 29.5. The molecule has 7 heteroatoms. The van der Waals surface area contributed by atoms with Crippen molar-refractivity contribution >= 4 is 60.6 Å². The predicted octanol–water partition coefficient (Wildman–Crippen LogP) is 9.36. The average molecular weight is 715 g/mol. The second-order valence-corrected chi connectivity index (χ2v) is 14.6. The molecule has 226 valence electrons. The van der Waals surface area contributed by atoms with Gasteiger partial charge < -0.3 is 10.3 Å². The number of halogens is 2. The molecular formula is C37H38Br2N4O. The second-order valence-electron chi connectivity index (χ2n) is 12.8. The Morgan fingerprint density at radius 1 is 0.977 bits per heavy atom. The van der Waals surface area contributed by atoms with Crippen LogP contribution in [0.15, 0.2) is 85.5 Å². The maximum absolute atomic E-state index is 14.1. The van der Waals surface area contributed by atoms with Crippen LogP contribution in [0.5, 0.6) is 0 Å². The third kappa shape index (κ3) is 5.21. The molecule has 0 amide bonds. The van der Waals surface area contributed by atoms with E-state index in [1.54, 1.807) is 0 Å². The van der Waals surface area contributed by atoms with Crippen LogP contribution in [0.4, 0.5) is 11.4 Å². The molecule has 2 aromatic carbocycles. The fraction of sp³-hybridized carbons (Fsp3) is 0.378. The van der Waals surface area contributed by atoms with Crippen molar-refractivity contribution < 1.29 is 9.37 Å². The Kier molecular flexibility index (Phi) is 8.93. The van der Waals surface area contributed by atoms with Gasteiger partial charge in [-0.15, -0.1) is 0 Å². The van der Waals surface area contributed by atoms with Crippen LogP contribution in [0.25, 0.3) is 5.41 Å². The fourth-order valence-corrected chi connectivity index (χ4v) is 7.46. The van der Waals surface area contributed by atoms with Crippen molar-refractivity contribution in [1.82, 2.24) is 0 Å². The van der Waals surface area contributed by atoms with E-state index in [0.717, 1.165) is 70.5 Å². The van der Waals surface area contributed by atoms with Crippen molar-refractivity contribution in [2.75, 3.05) is 18.0 Å².